The molecule has 1 rings (SSSR count). The van der Waals surface area contributed by atoms with Crippen LogP contribution in [-0.2, 0) is 10.0 Å². The highest BCUT2D eigenvalue weighted by Crippen LogP contribution is 2.24. The third-order valence-electron chi connectivity index (χ3n) is 3.28. The molecule has 0 aliphatic carbocycles. The minimum Gasteiger partial charge on any atom is -0.398 e. The van der Waals surface area contributed by atoms with Crippen molar-refractivity contribution in [3.05, 3.63) is 23.3 Å². The van der Waals surface area contributed by atoms with Crippen LogP contribution in [0, 0.1) is 13.8 Å². The molecule has 0 aliphatic heterocycles. The third kappa shape index (κ3) is 3.46. The van der Waals surface area contributed by atoms with Crippen molar-refractivity contribution in [3.63, 3.8) is 0 Å². The normalized spacial score (nSPS) is 14.4. The first-order valence-electron chi connectivity index (χ1n) is 6.06. The van der Waals surface area contributed by atoms with Gasteiger partial charge in [-0.05, 0) is 57.9 Å². The van der Waals surface area contributed by atoms with Crippen molar-refractivity contribution in [3.8, 4) is 0 Å². The van der Waals surface area contributed by atoms with Gasteiger partial charge in [-0.15, -0.1) is 0 Å². The number of nitrogens with one attached hydrogen (secondary N) is 1. The number of nitrogens with two attached hydrogens (primary N) is 1. The lowest BCUT2D eigenvalue weighted by atomic mass is 10.0. The van der Waals surface area contributed by atoms with E-state index in [0.29, 0.717) is 11.3 Å². The first-order chi connectivity index (χ1) is 8.47. The van der Waals surface area contributed by atoms with Gasteiger partial charge < -0.3 is 10.8 Å². The molecule has 0 aromatic heterocycles. The third-order valence-corrected chi connectivity index (χ3v) is 5.07. The van der Waals surface area contributed by atoms with E-state index in [1.54, 1.807) is 46.8 Å². The van der Waals surface area contributed by atoms with Crippen molar-refractivity contribution in [2.75, 3.05) is 5.73 Å². The van der Waals surface area contributed by atoms with Crippen LogP contribution in [-0.4, -0.2) is 25.2 Å². The number of sulfonamides is 1. The predicted octanol–water partition coefficient (Wildman–Crippen LogP) is 1.32. The van der Waals surface area contributed by atoms with Crippen LogP contribution in [0.25, 0.3) is 0 Å². The average Bonchev–Trinajstić information content (AvgIpc) is 2.21. The minimum atomic E-state index is -3.73. The molecule has 5 nitrogen and oxygen atoms in total. The Labute approximate surface area is 114 Å². The number of benzene rings is 1. The van der Waals surface area contributed by atoms with Crippen LogP contribution in [0.15, 0.2) is 17.0 Å². The van der Waals surface area contributed by atoms with E-state index in [1.165, 1.54) is 0 Å². The Morgan fingerprint density at radius 2 is 1.84 bits per heavy atom. The molecule has 0 aliphatic rings. The largest absolute Gasteiger partial charge is 0.398 e. The van der Waals surface area contributed by atoms with Gasteiger partial charge >= 0.3 is 0 Å². The zero-order valence-corrected chi connectivity index (χ0v) is 12.8. The van der Waals surface area contributed by atoms with Crippen molar-refractivity contribution in [2.45, 2.75) is 51.2 Å². The summed E-state index contributed by atoms with van der Waals surface area (Å²) in [5.41, 5.74) is 6.58. The molecule has 1 aromatic rings. The zero-order valence-electron chi connectivity index (χ0n) is 12.0. The maximum atomic E-state index is 12.4. The van der Waals surface area contributed by atoms with E-state index in [9.17, 15) is 13.5 Å². The SMILES string of the molecule is Cc1cc(N)c(C)c(S(=O)(=O)NC(C)(C)C(C)O)c1. The van der Waals surface area contributed by atoms with E-state index in [1.807, 2.05) is 0 Å². The van der Waals surface area contributed by atoms with Crippen LogP contribution in [0.4, 0.5) is 5.69 Å². The minimum absolute atomic E-state index is 0.152. The number of aliphatic hydroxyl groups excluding tert-OH is 1. The molecule has 108 valence electrons. The van der Waals surface area contributed by atoms with Gasteiger partial charge in [-0.1, -0.05) is 0 Å². The highest BCUT2D eigenvalue weighted by atomic mass is 32.2. The second-order valence-corrected chi connectivity index (χ2v) is 7.13. The Balaban J connectivity index is 3.30. The fourth-order valence-corrected chi connectivity index (χ4v) is 3.45. The van der Waals surface area contributed by atoms with Gasteiger partial charge in [0.05, 0.1) is 16.5 Å². The summed E-state index contributed by atoms with van der Waals surface area (Å²) in [5, 5.41) is 9.62. The quantitative estimate of drug-likeness (QED) is 0.728. The molecule has 0 bridgehead atoms. The maximum Gasteiger partial charge on any atom is 0.241 e. The molecule has 4 N–H and O–H groups in total. The molecule has 1 aromatic carbocycles. The van der Waals surface area contributed by atoms with Crippen LogP contribution in [0.5, 0.6) is 0 Å². The smallest absolute Gasteiger partial charge is 0.241 e. The number of hydrogen-bond donors (Lipinski definition) is 3. The molecule has 0 saturated heterocycles. The number of rotatable bonds is 4. The van der Waals surface area contributed by atoms with Gasteiger partial charge in [0.2, 0.25) is 10.0 Å². The first kappa shape index (κ1) is 15.9. The fraction of sp³-hybridized carbons (Fsp3) is 0.538. The standard InChI is InChI=1S/C13H22N2O3S/c1-8-6-11(14)9(2)12(7-8)19(17,18)15-13(4,5)10(3)16/h6-7,10,15-16H,14H2,1-5H3. The summed E-state index contributed by atoms with van der Waals surface area (Å²) in [6.45, 7) is 8.25. The van der Waals surface area contributed by atoms with Crippen molar-refractivity contribution < 1.29 is 13.5 Å². The van der Waals surface area contributed by atoms with Gasteiger partial charge in [-0.25, -0.2) is 13.1 Å². The van der Waals surface area contributed by atoms with E-state index in [0.717, 1.165) is 5.56 Å². The van der Waals surface area contributed by atoms with Gasteiger partial charge in [0, 0.05) is 5.69 Å². The zero-order chi connectivity index (χ0) is 15.0. The summed E-state index contributed by atoms with van der Waals surface area (Å²) in [6, 6.07) is 3.31. The summed E-state index contributed by atoms with van der Waals surface area (Å²) in [4.78, 5) is 0.152. The Bertz CT molecular complexity index is 578. The van der Waals surface area contributed by atoms with Crippen molar-refractivity contribution in [1.82, 2.24) is 4.72 Å². The number of aliphatic hydroxyl groups is 1. The molecule has 0 fully saturated rings. The van der Waals surface area contributed by atoms with E-state index < -0.39 is 21.7 Å². The van der Waals surface area contributed by atoms with Crippen LogP contribution in [0.2, 0.25) is 0 Å². The highest BCUT2D eigenvalue weighted by molar-refractivity contribution is 7.89. The van der Waals surface area contributed by atoms with Crippen LogP contribution in [0.3, 0.4) is 0 Å². The number of nitrogen functional groups attached to an aromatic ring is 1. The van der Waals surface area contributed by atoms with E-state index in [-0.39, 0.29) is 4.90 Å². The summed E-state index contributed by atoms with van der Waals surface area (Å²) in [5.74, 6) is 0. The fourth-order valence-electron chi connectivity index (χ4n) is 1.62. The second kappa shape index (κ2) is 5.11. The van der Waals surface area contributed by atoms with Crippen LogP contribution >= 0.6 is 0 Å². The molecule has 0 radical (unpaired) electrons. The molecular formula is C13H22N2O3S. The van der Waals surface area contributed by atoms with Gasteiger partial charge in [0.15, 0.2) is 0 Å². The number of anilines is 1. The number of aryl methyl sites for hydroxylation is 1. The van der Waals surface area contributed by atoms with Crippen LogP contribution in [0.1, 0.15) is 31.9 Å². The van der Waals surface area contributed by atoms with Crippen molar-refractivity contribution in [1.29, 1.82) is 0 Å². The lowest BCUT2D eigenvalue weighted by Gasteiger charge is -2.29. The monoisotopic (exact) mass is 286 g/mol. The van der Waals surface area contributed by atoms with Gasteiger partial charge in [0.1, 0.15) is 0 Å². The number of hydrogen-bond acceptors (Lipinski definition) is 4. The van der Waals surface area contributed by atoms with Crippen LogP contribution < -0.4 is 10.5 Å². The summed E-state index contributed by atoms with van der Waals surface area (Å²) >= 11 is 0. The molecule has 0 heterocycles. The van der Waals surface area contributed by atoms with E-state index >= 15 is 0 Å². The summed E-state index contributed by atoms with van der Waals surface area (Å²) in [7, 11) is -3.73. The lowest BCUT2D eigenvalue weighted by Crippen LogP contribution is -2.50. The van der Waals surface area contributed by atoms with Gasteiger partial charge in [-0.2, -0.15) is 0 Å². The molecular weight excluding hydrogens is 264 g/mol. The molecule has 0 amide bonds. The molecule has 0 saturated carbocycles. The van der Waals surface area contributed by atoms with Crippen molar-refractivity contribution >= 4 is 15.7 Å². The Morgan fingerprint density at radius 1 is 1.32 bits per heavy atom. The summed E-state index contributed by atoms with van der Waals surface area (Å²) < 4.78 is 27.3. The predicted molar refractivity (Wildman–Crippen MR) is 76.4 cm³/mol. The maximum absolute atomic E-state index is 12.4. The molecule has 19 heavy (non-hydrogen) atoms. The van der Waals surface area contributed by atoms with Gasteiger partial charge in [-0.3, -0.25) is 0 Å². The molecule has 1 unspecified atom stereocenters. The molecule has 6 heteroatoms. The highest BCUT2D eigenvalue weighted by Gasteiger charge is 2.31. The van der Waals surface area contributed by atoms with Crippen molar-refractivity contribution in [2.24, 2.45) is 0 Å². The Morgan fingerprint density at radius 3 is 2.32 bits per heavy atom. The van der Waals surface area contributed by atoms with E-state index in [2.05, 4.69) is 4.72 Å². The Kier molecular flexibility index (Phi) is 4.29. The van der Waals surface area contributed by atoms with Gasteiger partial charge in [0.25, 0.3) is 0 Å². The van der Waals surface area contributed by atoms with E-state index in [4.69, 9.17) is 5.73 Å². The molecule has 0 spiro atoms. The second-order valence-electron chi connectivity index (χ2n) is 5.48. The Hall–Kier alpha value is -1.11. The summed E-state index contributed by atoms with van der Waals surface area (Å²) in [6.07, 6.45) is -0.815. The first-order valence-corrected chi connectivity index (χ1v) is 7.54. The topological polar surface area (TPSA) is 92.4 Å². The lowest BCUT2D eigenvalue weighted by molar-refractivity contribution is 0.111. The molecule has 1 atom stereocenters. The average molecular weight is 286 g/mol.